The van der Waals surface area contributed by atoms with Gasteiger partial charge < -0.3 is 15.5 Å². The van der Waals surface area contributed by atoms with Crippen LogP contribution in [0.2, 0.25) is 0 Å². The van der Waals surface area contributed by atoms with Crippen molar-refractivity contribution in [3.8, 4) is 0 Å². The highest BCUT2D eigenvalue weighted by Crippen LogP contribution is 2.16. The maximum atomic E-state index is 5.98. The van der Waals surface area contributed by atoms with Gasteiger partial charge in [0.25, 0.3) is 0 Å². The summed E-state index contributed by atoms with van der Waals surface area (Å²) in [5.41, 5.74) is 5.97. The van der Waals surface area contributed by atoms with Gasteiger partial charge in [-0.3, -0.25) is 0 Å². The van der Waals surface area contributed by atoms with Gasteiger partial charge in [-0.05, 0) is 66.7 Å². The summed E-state index contributed by atoms with van der Waals surface area (Å²) < 4.78 is 0. The largest absolute Gasteiger partial charge is 0.326 e. The molecule has 16 heavy (non-hydrogen) atoms. The van der Waals surface area contributed by atoms with Crippen LogP contribution in [0.15, 0.2) is 0 Å². The van der Waals surface area contributed by atoms with Crippen LogP contribution in [-0.4, -0.2) is 55.1 Å². The molecule has 1 saturated heterocycles. The van der Waals surface area contributed by atoms with Crippen molar-refractivity contribution in [1.29, 1.82) is 0 Å². The van der Waals surface area contributed by atoms with Gasteiger partial charge in [-0.2, -0.15) is 0 Å². The maximum Gasteiger partial charge on any atom is 0.0220 e. The third-order valence-electron chi connectivity index (χ3n) is 3.55. The molecule has 96 valence electrons. The Bertz CT molecular complexity index is 198. The number of hydrogen-bond donors (Lipinski definition) is 1. The third-order valence-corrected chi connectivity index (χ3v) is 3.55. The van der Waals surface area contributed by atoms with E-state index >= 15 is 0 Å². The van der Waals surface area contributed by atoms with Gasteiger partial charge in [-0.15, -0.1) is 0 Å². The van der Waals surface area contributed by atoms with Gasteiger partial charge in [-0.25, -0.2) is 0 Å². The number of rotatable bonds is 6. The number of nitrogens with two attached hydrogens (primary N) is 1. The molecule has 0 aliphatic carbocycles. The van der Waals surface area contributed by atoms with Crippen LogP contribution in [0.25, 0.3) is 0 Å². The highest BCUT2D eigenvalue weighted by Gasteiger charge is 2.21. The zero-order valence-electron chi connectivity index (χ0n) is 11.5. The molecule has 2 N–H and O–H groups in total. The lowest BCUT2D eigenvalue weighted by atomic mass is 10.00. The van der Waals surface area contributed by atoms with E-state index in [0.717, 1.165) is 12.5 Å². The topological polar surface area (TPSA) is 32.5 Å². The van der Waals surface area contributed by atoms with Crippen LogP contribution in [0.4, 0.5) is 0 Å². The van der Waals surface area contributed by atoms with Crippen molar-refractivity contribution in [3.63, 3.8) is 0 Å². The standard InChI is InChI=1S/C13H29N3/c1-13(2,14)8-6-9-15(3)11-12-7-5-10-16(12)4/h12H,5-11,14H2,1-4H3. The summed E-state index contributed by atoms with van der Waals surface area (Å²) >= 11 is 0. The lowest BCUT2D eigenvalue weighted by Crippen LogP contribution is -2.38. The highest BCUT2D eigenvalue weighted by molar-refractivity contribution is 4.79. The fourth-order valence-corrected chi connectivity index (χ4v) is 2.47. The summed E-state index contributed by atoms with van der Waals surface area (Å²) in [5.74, 6) is 0. The van der Waals surface area contributed by atoms with E-state index < -0.39 is 0 Å². The number of nitrogens with zero attached hydrogens (tertiary/aromatic N) is 2. The van der Waals surface area contributed by atoms with E-state index in [2.05, 4.69) is 37.7 Å². The van der Waals surface area contributed by atoms with Crippen LogP contribution >= 0.6 is 0 Å². The number of hydrogen-bond acceptors (Lipinski definition) is 3. The Balaban J connectivity index is 2.13. The first-order valence-electron chi connectivity index (χ1n) is 6.56. The Morgan fingerprint density at radius 2 is 2.12 bits per heavy atom. The molecule has 0 saturated carbocycles. The smallest absolute Gasteiger partial charge is 0.0220 e. The van der Waals surface area contributed by atoms with Crippen molar-refractivity contribution in [3.05, 3.63) is 0 Å². The van der Waals surface area contributed by atoms with Crippen molar-refractivity contribution >= 4 is 0 Å². The van der Waals surface area contributed by atoms with Gasteiger partial charge in [0.15, 0.2) is 0 Å². The van der Waals surface area contributed by atoms with E-state index in [9.17, 15) is 0 Å². The summed E-state index contributed by atoms with van der Waals surface area (Å²) in [4.78, 5) is 4.95. The second kappa shape index (κ2) is 5.99. The molecule has 0 aromatic rings. The molecular weight excluding hydrogens is 198 g/mol. The van der Waals surface area contributed by atoms with Gasteiger partial charge >= 0.3 is 0 Å². The lowest BCUT2D eigenvalue weighted by Gasteiger charge is -2.26. The van der Waals surface area contributed by atoms with Crippen molar-refractivity contribution in [2.24, 2.45) is 5.73 Å². The quantitative estimate of drug-likeness (QED) is 0.747. The minimum absolute atomic E-state index is 0.00894. The first-order valence-corrected chi connectivity index (χ1v) is 6.56. The van der Waals surface area contributed by atoms with Crippen LogP contribution in [0, 0.1) is 0 Å². The van der Waals surface area contributed by atoms with Crippen molar-refractivity contribution in [1.82, 2.24) is 9.80 Å². The van der Waals surface area contributed by atoms with Gasteiger partial charge in [0.2, 0.25) is 0 Å². The van der Waals surface area contributed by atoms with Crippen molar-refractivity contribution in [2.75, 3.05) is 33.7 Å². The molecule has 0 bridgehead atoms. The summed E-state index contributed by atoms with van der Waals surface area (Å²) in [6.07, 6.45) is 5.04. The van der Waals surface area contributed by atoms with Crippen LogP contribution in [-0.2, 0) is 0 Å². The maximum absolute atomic E-state index is 5.98. The molecule has 1 atom stereocenters. The van der Waals surface area contributed by atoms with E-state index in [-0.39, 0.29) is 5.54 Å². The van der Waals surface area contributed by atoms with Gasteiger partial charge in [0.05, 0.1) is 0 Å². The van der Waals surface area contributed by atoms with E-state index in [0.29, 0.717) is 0 Å². The van der Waals surface area contributed by atoms with Crippen molar-refractivity contribution < 1.29 is 0 Å². The van der Waals surface area contributed by atoms with Crippen molar-refractivity contribution in [2.45, 2.75) is 51.1 Å². The molecule has 1 aliphatic rings. The second-order valence-electron chi connectivity index (χ2n) is 6.13. The molecule has 0 amide bonds. The Hall–Kier alpha value is -0.120. The van der Waals surface area contributed by atoms with Crippen LogP contribution < -0.4 is 5.73 Å². The molecule has 0 aromatic heterocycles. The summed E-state index contributed by atoms with van der Waals surface area (Å²) in [7, 11) is 4.48. The second-order valence-corrected chi connectivity index (χ2v) is 6.13. The molecule has 0 radical (unpaired) electrons. The monoisotopic (exact) mass is 227 g/mol. The normalized spacial score (nSPS) is 23.2. The zero-order valence-corrected chi connectivity index (χ0v) is 11.5. The number of likely N-dealkylation sites (tertiary alicyclic amines) is 1. The molecule has 3 heteroatoms. The van der Waals surface area contributed by atoms with E-state index in [4.69, 9.17) is 5.73 Å². The molecule has 1 unspecified atom stereocenters. The van der Waals surface area contributed by atoms with E-state index in [1.807, 2.05) is 0 Å². The van der Waals surface area contributed by atoms with E-state index in [1.54, 1.807) is 0 Å². The Kier molecular flexibility index (Phi) is 5.22. The molecule has 1 heterocycles. The zero-order chi connectivity index (χ0) is 12.2. The molecule has 1 aliphatic heterocycles. The van der Waals surface area contributed by atoms with Crippen LogP contribution in [0.1, 0.15) is 39.5 Å². The predicted octanol–water partition coefficient (Wildman–Crippen LogP) is 1.53. The Labute approximate surface area is 101 Å². The lowest BCUT2D eigenvalue weighted by molar-refractivity contribution is 0.215. The molecule has 0 aromatic carbocycles. The molecule has 1 rings (SSSR count). The fourth-order valence-electron chi connectivity index (χ4n) is 2.47. The summed E-state index contributed by atoms with van der Waals surface area (Å²) in [6, 6.07) is 0.774. The minimum Gasteiger partial charge on any atom is -0.326 e. The highest BCUT2D eigenvalue weighted by atomic mass is 15.2. The Morgan fingerprint density at radius 3 is 2.62 bits per heavy atom. The van der Waals surface area contributed by atoms with Gasteiger partial charge in [0.1, 0.15) is 0 Å². The third kappa shape index (κ3) is 5.28. The Morgan fingerprint density at radius 1 is 1.44 bits per heavy atom. The first-order chi connectivity index (χ1) is 7.38. The van der Waals surface area contributed by atoms with Gasteiger partial charge in [0, 0.05) is 18.1 Å². The summed E-state index contributed by atoms with van der Waals surface area (Å²) in [5, 5.41) is 0. The molecule has 3 nitrogen and oxygen atoms in total. The van der Waals surface area contributed by atoms with Crippen LogP contribution in [0.3, 0.4) is 0 Å². The molecule has 0 spiro atoms. The SMILES string of the molecule is CN(CCCC(C)(C)N)CC1CCCN1C. The molecular formula is C13H29N3. The first kappa shape index (κ1) is 13.9. The average molecular weight is 227 g/mol. The average Bonchev–Trinajstić information content (AvgIpc) is 2.49. The summed E-state index contributed by atoms with van der Waals surface area (Å²) in [6.45, 7) is 7.87. The van der Waals surface area contributed by atoms with E-state index in [1.165, 1.54) is 38.9 Å². The number of likely N-dealkylation sites (N-methyl/N-ethyl adjacent to an activating group) is 2. The fraction of sp³-hybridized carbons (Fsp3) is 1.00. The van der Waals surface area contributed by atoms with Gasteiger partial charge in [-0.1, -0.05) is 0 Å². The predicted molar refractivity (Wildman–Crippen MR) is 70.6 cm³/mol. The van der Waals surface area contributed by atoms with Crippen LogP contribution in [0.5, 0.6) is 0 Å². The molecule has 1 fully saturated rings. The minimum atomic E-state index is -0.00894.